The third-order valence-corrected chi connectivity index (χ3v) is 3.47. The van der Waals surface area contributed by atoms with Crippen molar-refractivity contribution in [2.75, 3.05) is 11.9 Å². The fourth-order valence-electron chi connectivity index (χ4n) is 2.15. The second-order valence-electron chi connectivity index (χ2n) is 5.22. The SMILES string of the molecule is Cc1cccc(NC(=S)N[C@@H](CO)Cc2ccc(O)cc2)c1. The molecule has 0 unspecified atom stereocenters. The van der Waals surface area contributed by atoms with Gasteiger partial charge in [-0.1, -0.05) is 24.3 Å². The molecule has 2 rings (SSSR count). The molecule has 0 spiro atoms. The van der Waals surface area contributed by atoms with E-state index in [-0.39, 0.29) is 18.4 Å². The Balaban J connectivity index is 1.91. The molecule has 0 heterocycles. The van der Waals surface area contributed by atoms with E-state index in [2.05, 4.69) is 10.6 Å². The first-order valence-corrected chi connectivity index (χ1v) is 7.50. The number of hydrogen-bond donors (Lipinski definition) is 4. The highest BCUT2D eigenvalue weighted by molar-refractivity contribution is 7.80. The topological polar surface area (TPSA) is 64.5 Å². The summed E-state index contributed by atoms with van der Waals surface area (Å²) in [6, 6.07) is 14.7. The van der Waals surface area contributed by atoms with Crippen molar-refractivity contribution in [2.24, 2.45) is 0 Å². The number of aliphatic hydroxyl groups is 1. The van der Waals surface area contributed by atoms with Crippen molar-refractivity contribution >= 4 is 23.0 Å². The van der Waals surface area contributed by atoms with E-state index in [0.717, 1.165) is 16.8 Å². The summed E-state index contributed by atoms with van der Waals surface area (Å²) in [5.41, 5.74) is 3.08. The van der Waals surface area contributed by atoms with Crippen LogP contribution in [0.3, 0.4) is 0 Å². The Labute approximate surface area is 135 Å². The third kappa shape index (κ3) is 5.02. The predicted octanol–water partition coefficient (Wildman–Crippen LogP) is 2.59. The van der Waals surface area contributed by atoms with Crippen molar-refractivity contribution in [1.82, 2.24) is 5.32 Å². The molecule has 0 saturated heterocycles. The van der Waals surface area contributed by atoms with Gasteiger partial charge in [-0.3, -0.25) is 0 Å². The number of hydrogen-bond acceptors (Lipinski definition) is 3. The van der Waals surface area contributed by atoms with Crippen LogP contribution in [0.5, 0.6) is 5.75 Å². The molecular formula is C17H20N2O2S. The zero-order chi connectivity index (χ0) is 15.9. The fraction of sp³-hybridized carbons (Fsp3) is 0.235. The average Bonchev–Trinajstić information content (AvgIpc) is 2.48. The molecule has 22 heavy (non-hydrogen) atoms. The van der Waals surface area contributed by atoms with Crippen LogP contribution >= 0.6 is 12.2 Å². The molecule has 4 nitrogen and oxygen atoms in total. The number of rotatable bonds is 5. The molecular weight excluding hydrogens is 296 g/mol. The quantitative estimate of drug-likeness (QED) is 0.639. The summed E-state index contributed by atoms with van der Waals surface area (Å²) in [5, 5.41) is 25.5. The Morgan fingerprint density at radius 1 is 1.18 bits per heavy atom. The molecule has 0 aliphatic heterocycles. The van der Waals surface area contributed by atoms with Gasteiger partial charge >= 0.3 is 0 Å². The number of phenolic OH excluding ortho intramolecular Hbond substituents is 1. The first kappa shape index (κ1) is 16.3. The van der Waals surface area contributed by atoms with Crippen LogP contribution in [0.1, 0.15) is 11.1 Å². The molecule has 4 N–H and O–H groups in total. The minimum Gasteiger partial charge on any atom is -0.508 e. The van der Waals surface area contributed by atoms with Crippen molar-refractivity contribution in [2.45, 2.75) is 19.4 Å². The molecule has 0 radical (unpaired) electrons. The molecule has 0 amide bonds. The smallest absolute Gasteiger partial charge is 0.171 e. The second kappa shape index (κ2) is 7.77. The lowest BCUT2D eigenvalue weighted by molar-refractivity contribution is 0.255. The summed E-state index contributed by atoms with van der Waals surface area (Å²) in [6.45, 7) is 1.99. The number of aliphatic hydroxyl groups excluding tert-OH is 1. The Bertz CT molecular complexity index is 629. The predicted molar refractivity (Wildman–Crippen MR) is 93.2 cm³/mol. The van der Waals surface area contributed by atoms with Gasteiger partial charge in [0.2, 0.25) is 0 Å². The minimum absolute atomic E-state index is 0.0312. The number of aryl methyl sites for hydroxylation is 1. The van der Waals surface area contributed by atoms with Gasteiger partial charge in [-0.15, -0.1) is 0 Å². The fourth-order valence-corrected chi connectivity index (χ4v) is 2.44. The van der Waals surface area contributed by atoms with Gasteiger partial charge in [0.25, 0.3) is 0 Å². The molecule has 0 aliphatic carbocycles. The standard InChI is InChI=1S/C17H20N2O2S/c1-12-3-2-4-14(9-12)18-17(22)19-15(11-20)10-13-5-7-16(21)8-6-13/h2-9,15,20-21H,10-11H2,1H3,(H2,18,19,22)/t15-/m1/s1. The van der Waals surface area contributed by atoms with Gasteiger partial charge in [0, 0.05) is 5.69 Å². The van der Waals surface area contributed by atoms with E-state index in [4.69, 9.17) is 12.2 Å². The first-order valence-electron chi connectivity index (χ1n) is 7.10. The van der Waals surface area contributed by atoms with E-state index in [1.807, 2.05) is 43.3 Å². The van der Waals surface area contributed by atoms with Crippen molar-refractivity contribution < 1.29 is 10.2 Å². The normalized spacial score (nSPS) is 11.7. The molecule has 0 saturated carbocycles. The zero-order valence-corrected chi connectivity index (χ0v) is 13.2. The van der Waals surface area contributed by atoms with Crippen LogP contribution in [0.2, 0.25) is 0 Å². The summed E-state index contributed by atoms with van der Waals surface area (Å²) in [6.07, 6.45) is 0.617. The largest absolute Gasteiger partial charge is 0.508 e. The molecule has 116 valence electrons. The number of nitrogens with one attached hydrogen (secondary N) is 2. The molecule has 1 atom stereocenters. The monoisotopic (exact) mass is 316 g/mol. The Hall–Kier alpha value is -2.11. The van der Waals surface area contributed by atoms with E-state index in [1.54, 1.807) is 12.1 Å². The van der Waals surface area contributed by atoms with Crippen LogP contribution in [-0.4, -0.2) is 28.0 Å². The molecule has 5 heteroatoms. The Kier molecular flexibility index (Phi) is 5.75. The highest BCUT2D eigenvalue weighted by atomic mass is 32.1. The summed E-state index contributed by atoms with van der Waals surface area (Å²) < 4.78 is 0. The van der Waals surface area contributed by atoms with Gasteiger partial charge in [0.1, 0.15) is 5.75 Å². The van der Waals surface area contributed by atoms with E-state index in [9.17, 15) is 10.2 Å². The van der Waals surface area contributed by atoms with Gasteiger partial charge < -0.3 is 20.8 Å². The maximum absolute atomic E-state index is 9.50. The lowest BCUT2D eigenvalue weighted by Crippen LogP contribution is -2.41. The molecule has 0 aliphatic rings. The van der Waals surface area contributed by atoms with E-state index < -0.39 is 0 Å². The molecule has 2 aromatic carbocycles. The highest BCUT2D eigenvalue weighted by Crippen LogP contribution is 2.12. The highest BCUT2D eigenvalue weighted by Gasteiger charge is 2.10. The second-order valence-corrected chi connectivity index (χ2v) is 5.63. The van der Waals surface area contributed by atoms with Crippen molar-refractivity contribution in [3.05, 3.63) is 59.7 Å². The number of phenols is 1. The summed E-state index contributed by atoms with van der Waals surface area (Å²) in [7, 11) is 0. The maximum atomic E-state index is 9.50. The van der Waals surface area contributed by atoms with Crippen LogP contribution in [-0.2, 0) is 6.42 Å². The molecule has 2 aromatic rings. The Morgan fingerprint density at radius 3 is 2.55 bits per heavy atom. The summed E-state index contributed by atoms with van der Waals surface area (Å²) in [5.74, 6) is 0.230. The summed E-state index contributed by atoms with van der Waals surface area (Å²) in [4.78, 5) is 0. The van der Waals surface area contributed by atoms with Gasteiger partial charge in [-0.05, 0) is 61.0 Å². The third-order valence-electron chi connectivity index (χ3n) is 3.25. The van der Waals surface area contributed by atoms with Crippen molar-refractivity contribution in [1.29, 1.82) is 0 Å². The Morgan fingerprint density at radius 2 is 1.91 bits per heavy atom. The van der Waals surface area contributed by atoms with Gasteiger partial charge in [0.15, 0.2) is 5.11 Å². The lowest BCUT2D eigenvalue weighted by atomic mass is 10.1. The molecule has 0 aromatic heterocycles. The van der Waals surface area contributed by atoms with E-state index >= 15 is 0 Å². The van der Waals surface area contributed by atoms with Crippen LogP contribution in [0.4, 0.5) is 5.69 Å². The van der Waals surface area contributed by atoms with Gasteiger partial charge in [-0.2, -0.15) is 0 Å². The van der Waals surface area contributed by atoms with Crippen LogP contribution < -0.4 is 10.6 Å². The first-order chi connectivity index (χ1) is 10.6. The average molecular weight is 316 g/mol. The lowest BCUT2D eigenvalue weighted by Gasteiger charge is -2.19. The van der Waals surface area contributed by atoms with E-state index in [0.29, 0.717) is 11.5 Å². The van der Waals surface area contributed by atoms with Crippen LogP contribution in [0.15, 0.2) is 48.5 Å². The number of thiocarbonyl (C=S) groups is 1. The van der Waals surface area contributed by atoms with Crippen LogP contribution in [0.25, 0.3) is 0 Å². The molecule has 0 bridgehead atoms. The van der Waals surface area contributed by atoms with Crippen molar-refractivity contribution in [3.63, 3.8) is 0 Å². The number of benzene rings is 2. The number of anilines is 1. The van der Waals surface area contributed by atoms with E-state index in [1.165, 1.54) is 0 Å². The maximum Gasteiger partial charge on any atom is 0.171 e. The van der Waals surface area contributed by atoms with Crippen LogP contribution in [0, 0.1) is 6.92 Å². The van der Waals surface area contributed by atoms with Gasteiger partial charge in [0.05, 0.1) is 12.6 Å². The minimum atomic E-state index is -0.186. The molecule has 0 fully saturated rings. The summed E-state index contributed by atoms with van der Waals surface area (Å²) >= 11 is 5.29. The number of aromatic hydroxyl groups is 1. The zero-order valence-electron chi connectivity index (χ0n) is 12.4. The van der Waals surface area contributed by atoms with Crippen molar-refractivity contribution in [3.8, 4) is 5.75 Å². The van der Waals surface area contributed by atoms with Gasteiger partial charge in [-0.25, -0.2) is 0 Å².